The number of rotatable bonds is 2. The van der Waals surface area contributed by atoms with Gasteiger partial charge in [-0.15, -0.1) is 0 Å². The zero-order valence-corrected chi connectivity index (χ0v) is 26.3. The number of aliphatic imine (C=N–C) groups is 1. The molecule has 4 heterocycles. The molecule has 1 aliphatic carbocycles. The fraction of sp³-hybridized carbons (Fsp3) is 0.114. The molecule has 3 aromatic heterocycles. The highest BCUT2D eigenvalue weighted by molar-refractivity contribution is 6.26. The molecule has 0 fully saturated rings. The van der Waals surface area contributed by atoms with Crippen molar-refractivity contribution in [2.45, 2.75) is 31.6 Å². The van der Waals surface area contributed by atoms with Crippen molar-refractivity contribution < 1.29 is 0 Å². The van der Waals surface area contributed by atoms with E-state index in [1.165, 1.54) is 65.9 Å². The number of hydrogen-bond acceptors (Lipinski definition) is 3. The summed E-state index contributed by atoms with van der Waals surface area (Å²) in [5, 5.41) is 15.0. The van der Waals surface area contributed by atoms with Crippen LogP contribution >= 0.6 is 0 Å². The summed E-state index contributed by atoms with van der Waals surface area (Å²) in [6.45, 7) is 0. The molecule has 0 saturated carbocycles. The summed E-state index contributed by atoms with van der Waals surface area (Å²) < 4.78 is 2.48. The summed E-state index contributed by atoms with van der Waals surface area (Å²) in [7, 11) is 0. The van der Waals surface area contributed by atoms with Gasteiger partial charge in [0.1, 0.15) is 0 Å². The van der Waals surface area contributed by atoms with Crippen molar-refractivity contribution in [2.75, 3.05) is 0 Å². The second kappa shape index (κ2) is 10.5. The maximum Gasteiger partial charge on any atom is 0.0991 e. The highest BCUT2D eigenvalue weighted by Gasteiger charge is 2.32. The Balaban J connectivity index is 1.32. The highest BCUT2D eigenvalue weighted by Crippen LogP contribution is 2.51. The van der Waals surface area contributed by atoms with Crippen molar-refractivity contribution >= 4 is 43.8 Å². The molecule has 48 heavy (non-hydrogen) atoms. The first-order chi connectivity index (χ1) is 23.8. The van der Waals surface area contributed by atoms with Gasteiger partial charge in [0.15, 0.2) is 0 Å². The summed E-state index contributed by atoms with van der Waals surface area (Å²) >= 11 is 0. The van der Waals surface area contributed by atoms with Crippen LogP contribution in [0, 0.1) is 11.3 Å². The van der Waals surface area contributed by atoms with Crippen LogP contribution in [0.4, 0.5) is 0 Å². The molecule has 0 amide bonds. The van der Waals surface area contributed by atoms with Gasteiger partial charge in [-0.05, 0) is 89.9 Å². The van der Waals surface area contributed by atoms with Gasteiger partial charge in [0.25, 0.3) is 0 Å². The smallest absolute Gasteiger partial charge is 0.0991 e. The molecule has 2 aliphatic rings. The maximum atomic E-state index is 9.80. The Morgan fingerprint density at radius 3 is 2.40 bits per heavy atom. The van der Waals surface area contributed by atoms with Crippen molar-refractivity contribution in [3.05, 3.63) is 167 Å². The monoisotopic (exact) mass is 614 g/mol. The number of aryl methyl sites for hydroxylation is 2. The number of benzene rings is 5. The maximum absolute atomic E-state index is 9.80. The molecule has 1 unspecified atom stereocenters. The molecule has 0 saturated heterocycles. The number of hydrogen-bond donors (Lipinski definition) is 0. The van der Waals surface area contributed by atoms with Gasteiger partial charge in [-0.25, -0.2) is 0 Å². The van der Waals surface area contributed by atoms with Crippen LogP contribution in [0.2, 0.25) is 0 Å². The molecule has 0 spiro atoms. The first kappa shape index (κ1) is 27.1. The number of pyridine rings is 1. The van der Waals surface area contributed by atoms with Gasteiger partial charge < -0.3 is 4.40 Å². The van der Waals surface area contributed by atoms with E-state index >= 15 is 0 Å². The molecule has 4 nitrogen and oxygen atoms in total. The highest BCUT2D eigenvalue weighted by atomic mass is 14.9. The summed E-state index contributed by atoms with van der Waals surface area (Å²) in [4.78, 5) is 10.5. The molecule has 1 aliphatic heterocycles. The average molecular weight is 615 g/mol. The number of para-hydroxylation sites is 2. The van der Waals surface area contributed by atoms with Crippen LogP contribution in [0.5, 0.6) is 0 Å². The normalized spacial score (nSPS) is 18.2. The van der Waals surface area contributed by atoms with Crippen LogP contribution in [0.25, 0.3) is 49.2 Å². The lowest BCUT2D eigenvalue weighted by molar-refractivity contribution is 0.703. The van der Waals surface area contributed by atoms with Crippen molar-refractivity contribution in [3.8, 4) is 17.2 Å². The molecule has 0 N–H and O–H groups in total. The van der Waals surface area contributed by atoms with Gasteiger partial charge in [0.05, 0.1) is 39.6 Å². The Kier molecular flexibility index (Phi) is 5.92. The third kappa shape index (κ3) is 3.88. The summed E-state index contributed by atoms with van der Waals surface area (Å²) in [5.41, 5.74) is 14.7. The third-order valence-corrected chi connectivity index (χ3v) is 10.5. The summed E-state index contributed by atoms with van der Waals surface area (Å²) in [6.07, 6.45) is 7.91. The second-order valence-electron chi connectivity index (χ2n) is 13.1. The van der Waals surface area contributed by atoms with Crippen molar-refractivity contribution in [2.24, 2.45) is 4.99 Å². The zero-order valence-electron chi connectivity index (χ0n) is 26.3. The Hall–Kier alpha value is -6.05. The SMILES string of the molecule is N#Cc1cccc(/C2=N/C(C3CCc4ccccc4-c4cc5c6ccccc6n6c7ccccc7c(c43)c56)=C\CCc3cccnc32)c1. The van der Waals surface area contributed by atoms with Crippen molar-refractivity contribution in [1.82, 2.24) is 9.38 Å². The van der Waals surface area contributed by atoms with E-state index in [4.69, 9.17) is 9.98 Å². The van der Waals surface area contributed by atoms with E-state index in [0.717, 1.165) is 48.3 Å². The van der Waals surface area contributed by atoms with Gasteiger partial charge in [-0.1, -0.05) is 84.9 Å². The van der Waals surface area contributed by atoms with Crippen LogP contribution < -0.4 is 0 Å². The van der Waals surface area contributed by atoms with E-state index < -0.39 is 0 Å². The summed E-state index contributed by atoms with van der Waals surface area (Å²) in [5.74, 6) is 0.0591. The first-order valence-corrected chi connectivity index (χ1v) is 16.8. The van der Waals surface area contributed by atoms with Crippen LogP contribution in [-0.2, 0) is 12.8 Å². The third-order valence-electron chi connectivity index (χ3n) is 10.5. The Bertz CT molecular complexity index is 2700. The Labute approximate surface area is 278 Å². The molecule has 0 radical (unpaired) electrons. The molecule has 4 heteroatoms. The lowest BCUT2D eigenvalue weighted by Crippen LogP contribution is -2.14. The molecule has 0 bridgehead atoms. The lowest BCUT2D eigenvalue weighted by Gasteiger charge is -2.23. The van der Waals surface area contributed by atoms with Gasteiger partial charge in [0.2, 0.25) is 0 Å². The van der Waals surface area contributed by atoms with Gasteiger partial charge in [0, 0.05) is 44.9 Å². The number of aromatic nitrogens is 2. The standard InChI is InChI=1S/C44H30N4/c45-26-27-10-7-13-30(24-27)43-42-29(14-9-23-46-42)12-8-18-37(47-43)33-22-21-28-11-1-2-15-31(28)35-25-36-32-16-3-5-19-38(32)48-39-20-6-4-17-34(39)41(40(33)35)44(36)48/h1-7,9-11,13-20,23-25,33H,8,12,21-22H2/b37-18-,47-43-. The van der Waals surface area contributed by atoms with Crippen LogP contribution in [0.3, 0.4) is 0 Å². The molecule has 10 rings (SSSR count). The number of allylic oxidation sites excluding steroid dienone is 2. The average Bonchev–Trinajstić information content (AvgIpc) is 3.59. The van der Waals surface area contributed by atoms with Crippen LogP contribution in [0.1, 0.15) is 52.3 Å². The lowest BCUT2D eigenvalue weighted by atomic mass is 9.83. The van der Waals surface area contributed by atoms with Crippen molar-refractivity contribution in [3.63, 3.8) is 0 Å². The Morgan fingerprint density at radius 1 is 0.708 bits per heavy atom. The quantitative estimate of drug-likeness (QED) is 0.195. The minimum absolute atomic E-state index is 0.0591. The predicted molar refractivity (Wildman–Crippen MR) is 195 cm³/mol. The van der Waals surface area contributed by atoms with E-state index in [1.807, 2.05) is 30.5 Å². The van der Waals surface area contributed by atoms with Gasteiger partial charge in [-0.2, -0.15) is 5.26 Å². The molecule has 5 aromatic carbocycles. The van der Waals surface area contributed by atoms with Crippen LogP contribution in [0.15, 0.2) is 138 Å². The molecular weight excluding hydrogens is 585 g/mol. The van der Waals surface area contributed by atoms with E-state index in [9.17, 15) is 5.26 Å². The second-order valence-corrected chi connectivity index (χ2v) is 13.1. The van der Waals surface area contributed by atoms with E-state index in [1.54, 1.807) is 0 Å². The summed E-state index contributed by atoms with van der Waals surface area (Å²) in [6, 6.07) is 43.5. The number of nitrogens with zero attached hydrogens (tertiary/aromatic N) is 4. The Morgan fingerprint density at radius 2 is 1.50 bits per heavy atom. The topological polar surface area (TPSA) is 53.5 Å². The fourth-order valence-corrected chi connectivity index (χ4v) is 8.48. The van der Waals surface area contributed by atoms with Gasteiger partial charge >= 0.3 is 0 Å². The zero-order chi connectivity index (χ0) is 31.8. The van der Waals surface area contributed by atoms with E-state index in [-0.39, 0.29) is 5.92 Å². The largest absolute Gasteiger partial charge is 0.308 e. The molecular formula is C44H30N4. The van der Waals surface area contributed by atoms with Crippen LogP contribution in [-0.4, -0.2) is 15.1 Å². The van der Waals surface area contributed by atoms with E-state index in [2.05, 4.69) is 108 Å². The molecule has 1 atom stereocenters. The predicted octanol–water partition coefficient (Wildman–Crippen LogP) is 10.2. The minimum Gasteiger partial charge on any atom is -0.308 e. The van der Waals surface area contributed by atoms with Crippen molar-refractivity contribution in [1.29, 1.82) is 5.26 Å². The number of fused-ring (bicyclic) bond motifs is 11. The first-order valence-electron chi connectivity index (χ1n) is 16.8. The molecule has 226 valence electrons. The molecule has 8 aromatic rings. The fourth-order valence-electron chi connectivity index (χ4n) is 8.48. The van der Waals surface area contributed by atoms with Gasteiger partial charge in [-0.3, -0.25) is 9.98 Å². The minimum atomic E-state index is 0.0591. The number of nitriles is 1. The van der Waals surface area contributed by atoms with E-state index in [0.29, 0.717) is 5.56 Å².